The summed E-state index contributed by atoms with van der Waals surface area (Å²) in [6.45, 7) is 0. The number of rotatable bonds is 1. The van der Waals surface area contributed by atoms with Gasteiger partial charge in [-0.05, 0) is 6.07 Å². The van der Waals surface area contributed by atoms with Crippen molar-refractivity contribution in [3.8, 4) is 0 Å². The van der Waals surface area contributed by atoms with Crippen LogP contribution in [0.3, 0.4) is 0 Å². The summed E-state index contributed by atoms with van der Waals surface area (Å²) in [6, 6.07) is 1.47. The summed E-state index contributed by atoms with van der Waals surface area (Å²) >= 11 is 0. The smallest absolute Gasteiger partial charge is 0.357 e. The van der Waals surface area contributed by atoms with Crippen molar-refractivity contribution in [2.75, 3.05) is 0 Å². The van der Waals surface area contributed by atoms with Crippen molar-refractivity contribution in [1.29, 1.82) is 0 Å². The number of hydrogen-bond acceptors (Lipinski definition) is 4. The third kappa shape index (κ3) is 1.74. The first-order chi connectivity index (χ1) is 7.11. The number of aryl methyl sites for hydroxylation is 1. The van der Waals surface area contributed by atoms with E-state index in [4.69, 9.17) is 5.11 Å². The molecule has 0 aliphatic rings. The van der Waals surface area contributed by atoms with Crippen molar-refractivity contribution in [3.05, 3.63) is 34.5 Å². The van der Waals surface area contributed by atoms with E-state index in [9.17, 15) is 9.59 Å². The third-order valence-corrected chi connectivity index (χ3v) is 2.05. The maximum absolute atomic E-state index is 11.6. The molecule has 0 aliphatic carbocycles. The highest BCUT2D eigenvalue weighted by Gasteiger charge is 2.13. The van der Waals surface area contributed by atoms with E-state index in [1.165, 1.54) is 25.5 Å². The van der Waals surface area contributed by atoms with Crippen LogP contribution in [0.2, 0.25) is 0 Å². The molecule has 6 nitrogen and oxygen atoms in total. The summed E-state index contributed by atoms with van der Waals surface area (Å²) in [6.07, 6.45) is 2.77. The van der Waals surface area contributed by atoms with Crippen LogP contribution in [0, 0.1) is 0 Å². The molecule has 0 saturated heterocycles. The monoisotopic (exact) mass is 241 g/mol. The van der Waals surface area contributed by atoms with Crippen LogP contribution < -0.4 is 5.56 Å². The number of pyridine rings is 1. The predicted octanol–water partition coefficient (Wildman–Crippen LogP) is 0.448. The van der Waals surface area contributed by atoms with Gasteiger partial charge in [-0.15, -0.1) is 12.4 Å². The van der Waals surface area contributed by atoms with Crippen molar-refractivity contribution in [2.45, 2.75) is 0 Å². The molecular formula is C9H8ClN3O3. The van der Waals surface area contributed by atoms with Crippen molar-refractivity contribution >= 4 is 29.1 Å². The number of aromatic carboxylic acids is 1. The Labute approximate surface area is 96.0 Å². The second-order valence-electron chi connectivity index (χ2n) is 3.00. The van der Waals surface area contributed by atoms with Gasteiger partial charge in [0.1, 0.15) is 0 Å². The Bertz CT molecular complexity index is 608. The van der Waals surface area contributed by atoms with E-state index in [1.54, 1.807) is 0 Å². The topological polar surface area (TPSA) is 85.1 Å². The average Bonchev–Trinajstić information content (AvgIpc) is 2.23. The summed E-state index contributed by atoms with van der Waals surface area (Å²) in [5.74, 6) is -1.17. The Balaban J connectivity index is 0.00000128. The van der Waals surface area contributed by atoms with E-state index in [0.29, 0.717) is 5.39 Å². The highest BCUT2D eigenvalue weighted by atomic mass is 35.5. The van der Waals surface area contributed by atoms with Gasteiger partial charge >= 0.3 is 5.97 Å². The standard InChI is InChI=1S/C9H7N3O3.ClH/c1-12-8(13)6-4-10-3-2-5(6)7(11-12)9(14)15;/h2-4H,1H3,(H,14,15);1H. The van der Waals surface area contributed by atoms with E-state index in [2.05, 4.69) is 10.1 Å². The lowest BCUT2D eigenvalue weighted by Gasteiger charge is -2.03. The number of nitrogens with zero attached hydrogens (tertiary/aromatic N) is 3. The molecule has 16 heavy (non-hydrogen) atoms. The van der Waals surface area contributed by atoms with Gasteiger partial charge in [0, 0.05) is 24.8 Å². The molecule has 0 spiro atoms. The molecule has 2 rings (SSSR count). The first-order valence-electron chi connectivity index (χ1n) is 4.15. The van der Waals surface area contributed by atoms with E-state index in [1.807, 2.05) is 0 Å². The number of carbonyl (C=O) groups is 1. The lowest BCUT2D eigenvalue weighted by Crippen LogP contribution is -2.23. The lowest BCUT2D eigenvalue weighted by atomic mass is 10.2. The summed E-state index contributed by atoms with van der Waals surface area (Å²) in [5.41, 5.74) is -0.502. The summed E-state index contributed by atoms with van der Waals surface area (Å²) in [4.78, 5) is 26.2. The predicted molar refractivity (Wildman–Crippen MR) is 59.0 cm³/mol. The van der Waals surface area contributed by atoms with E-state index >= 15 is 0 Å². The number of hydrogen-bond donors (Lipinski definition) is 1. The Hall–Kier alpha value is -1.95. The van der Waals surface area contributed by atoms with Crippen LogP contribution in [0.1, 0.15) is 10.5 Å². The van der Waals surface area contributed by atoms with Crippen molar-refractivity contribution in [1.82, 2.24) is 14.8 Å². The van der Waals surface area contributed by atoms with Crippen LogP contribution >= 0.6 is 12.4 Å². The number of carboxylic acids is 1. The Morgan fingerprint density at radius 3 is 2.75 bits per heavy atom. The summed E-state index contributed by atoms with van der Waals surface area (Å²) in [7, 11) is 1.40. The van der Waals surface area contributed by atoms with Crippen molar-refractivity contribution in [2.24, 2.45) is 7.05 Å². The molecule has 0 bridgehead atoms. The van der Waals surface area contributed by atoms with Crippen LogP contribution in [0.5, 0.6) is 0 Å². The largest absolute Gasteiger partial charge is 0.476 e. The Morgan fingerprint density at radius 1 is 1.44 bits per heavy atom. The van der Waals surface area contributed by atoms with Gasteiger partial charge in [0.25, 0.3) is 5.56 Å². The quantitative estimate of drug-likeness (QED) is 0.783. The zero-order chi connectivity index (χ0) is 11.0. The van der Waals surface area contributed by atoms with Gasteiger partial charge in [-0.25, -0.2) is 9.48 Å². The van der Waals surface area contributed by atoms with Crippen LogP contribution in [-0.2, 0) is 7.05 Å². The third-order valence-electron chi connectivity index (χ3n) is 2.05. The van der Waals surface area contributed by atoms with Gasteiger partial charge < -0.3 is 5.11 Å². The molecule has 2 aromatic rings. The van der Waals surface area contributed by atoms with Gasteiger partial charge in [-0.3, -0.25) is 9.78 Å². The maximum Gasteiger partial charge on any atom is 0.357 e. The van der Waals surface area contributed by atoms with Gasteiger partial charge in [-0.2, -0.15) is 5.10 Å². The molecule has 84 valence electrons. The van der Waals surface area contributed by atoms with Gasteiger partial charge in [0.2, 0.25) is 0 Å². The van der Waals surface area contributed by atoms with Crippen LogP contribution in [-0.4, -0.2) is 25.8 Å². The van der Waals surface area contributed by atoms with E-state index in [-0.39, 0.29) is 29.0 Å². The number of carboxylic acid groups (broad SMARTS) is 1. The zero-order valence-electron chi connectivity index (χ0n) is 8.25. The Morgan fingerprint density at radius 2 is 2.12 bits per heavy atom. The van der Waals surface area contributed by atoms with Crippen molar-refractivity contribution < 1.29 is 9.90 Å². The molecular weight excluding hydrogens is 234 g/mol. The minimum atomic E-state index is -1.17. The van der Waals surface area contributed by atoms with Crippen LogP contribution in [0.15, 0.2) is 23.3 Å². The number of halogens is 1. The molecule has 2 aromatic heterocycles. The number of aromatic nitrogens is 3. The fraction of sp³-hybridized carbons (Fsp3) is 0.111. The van der Waals surface area contributed by atoms with Gasteiger partial charge in [0.05, 0.1) is 5.39 Å². The van der Waals surface area contributed by atoms with E-state index < -0.39 is 5.97 Å². The average molecular weight is 242 g/mol. The molecule has 2 heterocycles. The molecule has 1 N–H and O–H groups in total. The first-order valence-corrected chi connectivity index (χ1v) is 4.15. The van der Waals surface area contributed by atoms with Crippen LogP contribution in [0.25, 0.3) is 10.8 Å². The summed E-state index contributed by atoms with van der Waals surface area (Å²) in [5, 5.41) is 13.1. The summed E-state index contributed by atoms with van der Waals surface area (Å²) < 4.78 is 0.994. The molecule has 0 atom stereocenters. The number of fused-ring (bicyclic) bond motifs is 1. The Kier molecular flexibility index (Phi) is 3.24. The fourth-order valence-electron chi connectivity index (χ4n) is 1.35. The molecule has 0 unspecified atom stereocenters. The molecule has 0 aromatic carbocycles. The van der Waals surface area contributed by atoms with Gasteiger partial charge in [-0.1, -0.05) is 0 Å². The maximum atomic E-state index is 11.6. The molecule has 0 radical (unpaired) electrons. The minimum absolute atomic E-state index is 0. The molecule has 0 aliphatic heterocycles. The zero-order valence-corrected chi connectivity index (χ0v) is 9.06. The first kappa shape index (κ1) is 12.1. The van der Waals surface area contributed by atoms with E-state index in [0.717, 1.165) is 4.68 Å². The normalized spacial score (nSPS) is 9.81. The second kappa shape index (κ2) is 4.28. The minimum Gasteiger partial charge on any atom is -0.476 e. The highest BCUT2D eigenvalue weighted by Crippen LogP contribution is 2.10. The molecule has 0 saturated carbocycles. The SMILES string of the molecule is Cl.Cn1nc(C(=O)O)c2ccncc2c1=O. The second-order valence-corrected chi connectivity index (χ2v) is 3.00. The van der Waals surface area contributed by atoms with Gasteiger partial charge in [0.15, 0.2) is 5.69 Å². The molecule has 0 fully saturated rings. The molecule has 0 amide bonds. The molecule has 7 heteroatoms. The van der Waals surface area contributed by atoms with Crippen molar-refractivity contribution in [3.63, 3.8) is 0 Å². The highest BCUT2D eigenvalue weighted by molar-refractivity contribution is 6.00. The van der Waals surface area contributed by atoms with Crippen LogP contribution in [0.4, 0.5) is 0 Å². The lowest BCUT2D eigenvalue weighted by molar-refractivity contribution is 0.0690. The fourth-order valence-corrected chi connectivity index (χ4v) is 1.35.